The van der Waals surface area contributed by atoms with Crippen LogP contribution in [0.4, 0.5) is 0 Å². The number of allylic oxidation sites excluding steroid dienone is 1. The van der Waals surface area contributed by atoms with Crippen LogP contribution in [0.3, 0.4) is 0 Å². The van der Waals surface area contributed by atoms with E-state index in [9.17, 15) is 4.79 Å². The molecule has 0 aliphatic carbocycles. The van der Waals surface area contributed by atoms with E-state index in [2.05, 4.69) is 41.9 Å². The molecule has 2 nitrogen and oxygen atoms in total. The molecule has 0 spiro atoms. The van der Waals surface area contributed by atoms with Crippen LogP contribution in [0.5, 0.6) is 0 Å². The van der Waals surface area contributed by atoms with Gasteiger partial charge in [-0.2, -0.15) is 0 Å². The maximum Gasteiger partial charge on any atom is 0.244 e. The highest BCUT2D eigenvalue weighted by atomic mass is 79.9. The van der Waals surface area contributed by atoms with Gasteiger partial charge in [0, 0.05) is 10.0 Å². The van der Waals surface area contributed by atoms with Gasteiger partial charge in [-0.15, -0.1) is 0 Å². The number of unbranched alkanes of at least 4 members (excludes halogenated alkanes) is 2. The Morgan fingerprint density at radius 1 is 1.05 bits per heavy atom. The minimum Gasteiger partial charge on any atom is -0.366 e. The molecule has 110 valence electrons. The van der Waals surface area contributed by atoms with Crippen LogP contribution in [0.15, 0.2) is 34.3 Å². The fourth-order valence-corrected chi connectivity index (χ4v) is 2.51. The number of carbonyl (C=O) groups excluding carboxylic acids is 1. The van der Waals surface area contributed by atoms with Gasteiger partial charge in [-0.3, -0.25) is 4.79 Å². The maximum atomic E-state index is 11.8. The van der Waals surface area contributed by atoms with Crippen molar-refractivity contribution < 1.29 is 4.79 Å². The van der Waals surface area contributed by atoms with Crippen molar-refractivity contribution in [1.29, 1.82) is 0 Å². The molecule has 0 atom stereocenters. The lowest BCUT2D eigenvalue weighted by molar-refractivity contribution is -0.114. The molecule has 0 saturated carbocycles. The van der Waals surface area contributed by atoms with Gasteiger partial charge in [0.25, 0.3) is 0 Å². The molecule has 0 bridgehead atoms. The first-order valence-electron chi connectivity index (χ1n) is 7.37. The predicted molar refractivity (Wildman–Crippen MR) is 89.3 cm³/mol. The molecule has 0 radical (unpaired) electrons. The lowest BCUT2D eigenvalue weighted by Crippen LogP contribution is -2.16. The summed E-state index contributed by atoms with van der Waals surface area (Å²) in [6.07, 6.45) is 5.96. The lowest BCUT2D eigenvalue weighted by Gasteiger charge is -2.14. The Labute approximate surface area is 130 Å². The van der Waals surface area contributed by atoms with Crippen LogP contribution in [0.2, 0.25) is 0 Å². The fourth-order valence-electron chi connectivity index (χ4n) is 2.25. The first kappa shape index (κ1) is 17.0. The molecule has 20 heavy (non-hydrogen) atoms. The van der Waals surface area contributed by atoms with E-state index in [-0.39, 0.29) is 5.91 Å². The van der Waals surface area contributed by atoms with Crippen molar-refractivity contribution in [2.45, 2.75) is 52.4 Å². The zero-order valence-electron chi connectivity index (χ0n) is 12.4. The molecule has 2 N–H and O–H groups in total. The van der Waals surface area contributed by atoms with E-state index in [0.717, 1.165) is 59.7 Å². The third-order valence-electron chi connectivity index (χ3n) is 3.42. The standard InChI is InChI=1S/C17H24BrNO/c1-3-5-7-15(13-9-11-14(18)12-10-13)16(17(19)20)8-6-4-2/h9-12H,3-8H2,1-2H3,(H2,19,20). The molecule has 0 heterocycles. The number of amides is 1. The molecule has 1 aromatic rings. The smallest absolute Gasteiger partial charge is 0.244 e. The minimum atomic E-state index is -0.271. The van der Waals surface area contributed by atoms with Gasteiger partial charge >= 0.3 is 0 Å². The summed E-state index contributed by atoms with van der Waals surface area (Å²) in [6, 6.07) is 8.15. The van der Waals surface area contributed by atoms with Crippen LogP contribution < -0.4 is 5.73 Å². The number of hydrogen-bond acceptors (Lipinski definition) is 1. The summed E-state index contributed by atoms with van der Waals surface area (Å²) >= 11 is 3.45. The number of nitrogens with two attached hydrogens (primary N) is 1. The third kappa shape index (κ3) is 5.12. The van der Waals surface area contributed by atoms with E-state index in [1.165, 1.54) is 0 Å². The molecule has 0 saturated heterocycles. The average Bonchev–Trinajstić information content (AvgIpc) is 2.43. The van der Waals surface area contributed by atoms with Crippen molar-refractivity contribution >= 4 is 27.4 Å². The first-order valence-corrected chi connectivity index (χ1v) is 8.17. The molecule has 0 aliphatic heterocycles. The quantitative estimate of drug-likeness (QED) is 0.661. The minimum absolute atomic E-state index is 0.271. The second kappa shape index (κ2) is 8.96. The van der Waals surface area contributed by atoms with E-state index < -0.39 is 0 Å². The van der Waals surface area contributed by atoms with E-state index in [4.69, 9.17) is 5.73 Å². The van der Waals surface area contributed by atoms with Gasteiger partial charge in [0.2, 0.25) is 5.91 Å². The van der Waals surface area contributed by atoms with Crippen LogP contribution >= 0.6 is 15.9 Å². The Morgan fingerprint density at radius 3 is 2.10 bits per heavy atom. The second-order valence-electron chi connectivity index (χ2n) is 5.04. The normalized spacial score (nSPS) is 12.2. The van der Waals surface area contributed by atoms with Crippen LogP contribution in [0.1, 0.15) is 57.9 Å². The van der Waals surface area contributed by atoms with Gasteiger partial charge in [-0.1, -0.05) is 54.8 Å². The fraction of sp³-hybridized carbons (Fsp3) is 0.471. The Bertz CT molecular complexity index is 462. The molecule has 0 aromatic heterocycles. The Kier molecular flexibility index (Phi) is 7.60. The van der Waals surface area contributed by atoms with Crippen LogP contribution in [0.25, 0.3) is 5.57 Å². The molecule has 1 aromatic carbocycles. The summed E-state index contributed by atoms with van der Waals surface area (Å²) in [5.74, 6) is -0.271. The SMILES string of the molecule is CCCCC(C(N)=O)=C(CCCC)c1ccc(Br)cc1. The highest BCUT2D eigenvalue weighted by Gasteiger charge is 2.13. The largest absolute Gasteiger partial charge is 0.366 e. The zero-order chi connectivity index (χ0) is 15.0. The van der Waals surface area contributed by atoms with Crippen LogP contribution in [0, 0.1) is 0 Å². The second-order valence-corrected chi connectivity index (χ2v) is 5.95. The van der Waals surface area contributed by atoms with Gasteiger partial charge in [0.1, 0.15) is 0 Å². The topological polar surface area (TPSA) is 43.1 Å². The monoisotopic (exact) mass is 337 g/mol. The Hall–Kier alpha value is -1.09. The van der Waals surface area contributed by atoms with Crippen molar-refractivity contribution in [1.82, 2.24) is 0 Å². The lowest BCUT2D eigenvalue weighted by atomic mass is 9.92. The summed E-state index contributed by atoms with van der Waals surface area (Å²) in [5.41, 5.74) is 8.66. The number of rotatable bonds is 8. The molecule has 3 heteroatoms. The van der Waals surface area contributed by atoms with Gasteiger partial charge in [-0.25, -0.2) is 0 Å². The number of halogens is 1. The highest BCUT2D eigenvalue weighted by Crippen LogP contribution is 2.28. The maximum absolute atomic E-state index is 11.8. The van der Waals surface area contributed by atoms with Crippen molar-refractivity contribution in [3.63, 3.8) is 0 Å². The van der Waals surface area contributed by atoms with E-state index in [1.807, 2.05) is 12.1 Å². The molecule has 0 unspecified atom stereocenters. The van der Waals surface area contributed by atoms with Gasteiger partial charge in [-0.05, 0) is 49.0 Å². The van der Waals surface area contributed by atoms with Crippen molar-refractivity contribution in [3.05, 3.63) is 39.9 Å². The van der Waals surface area contributed by atoms with E-state index >= 15 is 0 Å². The molecule has 1 rings (SSSR count). The van der Waals surface area contributed by atoms with Gasteiger partial charge < -0.3 is 5.73 Å². The summed E-state index contributed by atoms with van der Waals surface area (Å²) in [4.78, 5) is 11.8. The predicted octanol–water partition coefficient (Wildman–Crippen LogP) is 5.07. The summed E-state index contributed by atoms with van der Waals surface area (Å²) < 4.78 is 1.05. The van der Waals surface area contributed by atoms with Crippen molar-refractivity contribution in [3.8, 4) is 0 Å². The van der Waals surface area contributed by atoms with Crippen molar-refractivity contribution in [2.24, 2.45) is 5.73 Å². The summed E-state index contributed by atoms with van der Waals surface area (Å²) in [6.45, 7) is 4.29. The third-order valence-corrected chi connectivity index (χ3v) is 3.94. The van der Waals surface area contributed by atoms with Crippen LogP contribution in [-0.4, -0.2) is 5.91 Å². The van der Waals surface area contributed by atoms with Gasteiger partial charge in [0.05, 0.1) is 0 Å². The van der Waals surface area contributed by atoms with Crippen LogP contribution in [-0.2, 0) is 4.79 Å². The number of benzene rings is 1. The molecular formula is C17H24BrNO. The summed E-state index contributed by atoms with van der Waals surface area (Å²) in [5, 5.41) is 0. The van der Waals surface area contributed by atoms with Gasteiger partial charge in [0.15, 0.2) is 0 Å². The van der Waals surface area contributed by atoms with E-state index in [1.54, 1.807) is 0 Å². The highest BCUT2D eigenvalue weighted by molar-refractivity contribution is 9.10. The molecular weight excluding hydrogens is 314 g/mol. The average molecular weight is 338 g/mol. The molecule has 0 aliphatic rings. The number of hydrogen-bond donors (Lipinski definition) is 1. The number of primary amides is 1. The van der Waals surface area contributed by atoms with E-state index in [0.29, 0.717) is 0 Å². The molecule has 0 fully saturated rings. The van der Waals surface area contributed by atoms with Crippen molar-refractivity contribution in [2.75, 3.05) is 0 Å². The Morgan fingerprint density at radius 2 is 1.60 bits per heavy atom. The zero-order valence-corrected chi connectivity index (χ0v) is 14.0. The summed E-state index contributed by atoms with van der Waals surface area (Å²) in [7, 11) is 0. The number of carbonyl (C=O) groups is 1. The molecule has 1 amide bonds. The Balaban J connectivity index is 3.18. The first-order chi connectivity index (χ1) is 9.60.